The Kier molecular flexibility index (Phi) is 5.66. The van der Waals surface area contributed by atoms with E-state index in [1.54, 1.807) is 6.92 Å². The maximum Gasteiger partial charge on any atom is 0.261 e. The van der Waals surface area contributed by atoms with Gasteiger partial charge in [-0.15, -0.1) is 0 Å². The third kappa shape index (κ3) is 4.60. The minimum absolute atomic E-state index is 0.0536. The highest BCUT2D eigenvalue weighted by Crippen LogP contribution is 2.19. The van der Waals surface area contributed by atoms with Crippen molar-refractivity contribution in [2.75, 3.05) is 0 Å². The molecule has 0 heterocycles. The molecule has 0 aromatic heterocycles. The molecule has 0 saturated heterocycles. The van der Waals surface area contributed by atoms with Crippen LogP contribution in [0.2, 0.25) is 0 Å². The fourth-order valence-electron chi connectivity index (χ4n) is 2.71. The zero-order valence-electron chi connectivity index (χ0n) is 15.4. The molecule has 3 heteroatoms. The normalized spacial score (nSPS) is 13.2. The molecule has 128 valence electrons. The number of hydrogen-bond donors (Lipinski definition) is 1. The van der Waals surface area contributed by atoms with Crippen LogP contribution < -0.4 is 10.1 Å². The van der Waals surface area contributed by atoms with Crippen molar-refractivity contribution in [2.24, 2.45) is 0 Å². The van der Waals surface area contributed by atoms with E-state index < -0.39 is 6.10 Å². The second-order valence-corrected chi connectivity index (χ2v) is 6.66. The molecular weight excluding hydrogens is 298 g/mol. The fraction of sp³-hybridized carbons (Fsp3) is 0.381. The Morgan fingerprint density at radius 3 is 2.12 bits per heavy atom. The lowest BCUT2D eigenvalue weighted by Gasteiger charge is -2.20. The van der Waals surface area contributed by atoms with Gasteiger partial charge in [0.2, 0.25) is 0 Å². The van der Waals surface area contributed by atoms with E-state index in [-0.39, 0.29) is 11.9 Å². The Hall–Kier alpha value is -2.29. The summed E-state index contributed by atoms with van der Waals surface area (Å²) < 4.78 is 5.81. The Balaban J connectivity index is 2.01. The first kappa shape index (κ1) is 18.1. The zero-order chi connectivity index (χ0) is 17.9. The number of benzene rings is 2. The second kappa shape index (κ2) is 7.52. The number of aryl methyl sites for hydroxylation is 4. The van der Waals surface area contributed by atoms with Crippen LogP contribution in [0.5, 0.6) is 5.75 Å². The molecule has 2 rings (SSSR count). The van der Waals surface area contributed by atoms with Crippen molar-refractivity contribution < 1.29 is 9.53 Å². The molecule has 0 bridgehead atoms. The predicted molar refractivity (Wildman–Crippen MR) is 98.5 cm³/mol. The summed E-state index contributed by atoms with van der Waals surface area (Å²) in [4.78, 5) is 12.4. The van der Waals surface area contributed by atoms with E-state index in [1.807, 2.05) is 32.9 Å². The Morgan fingerprint density at radius 1 is 0.917 bits per heavy atom. The number of carbonyl (C=O) groups excluding carboxylic acids is 1. The van der Waals surface area contributed by atoms with E-state index >= 15 is 0 Å². The minimum Gasteiger partial charge on any atom is -0.481 e. The largest absolute Gasteiger partial charge is 0.481 e. The summed E-state index contributed by atoms with van der Waals surface area (Å²) in [6.07, 6.45) is -0.541. The number of amides is 1. The lowest BCUT2D eigenvalue weighted by molar-refractivity contribution is -0.127. The van der Waals surface area contributed by atoms with E-state index in [1.165, 1.54) is 11.1 Å². The highest BCUT2D eigenvalue weighted by atomic mass is 16.5. The molecule has 0 aliphatic heterocycles. The molecule has 0 aliphatic carbocycles. The van der Waals surface area contributed by atoms with Gasteiger partial charge in [0.15, 0.2) is 6.10 Å². The monoisotopic (exact) mass is 325 g/mol. The average molecular weight is 325 g/mol. The molecule has 24 heavy (non-hydrogen) atoms. The molecule has 3 nitrogen and oxygen atoms in total. The number of nitrogens with one attached hydrogen (secondary N) is 1. The van der Waals surface area contributed by atoms with Crippen molar-refractivity contribution in [3.63, 3.8) is 0 Å². The van der Waals surface area contributed by atoms with Crippen molar-refractivity contribution in [3.8, 4) is 5.75 Å². The van der Waals surface area contributed by atoms with Gasteiger partial charge in [-0.05, 0) is 81.5 Å². The minimum atomic E-state index is -0.541. The lowest BCUT2D eigenvalue weighted by Crippen LogP contribution is -2.37. The van der Waals surface area contributed by atoms with Gasteiger partial charge in [0.05, 0.1) is 6.04 Å². The number of ether oxygens (including phenoxy) is 1. The van der Waals surface area contributed by atoms with E-state index in [0.29, 0.717) is 0 Å². The molecule has 2 aromatic rings. The van der Waals surface area contributed by atoms with Gasteiger partial charge in [-0.1, -0.05) is 24.3 Å². The van der Waals surface area contributed by atoms with Crippen molar-refractivity contribution in [1.29, 1.82) is 0 Å². The van der Waals surface area contributed by atoms with Crippen LogP contribution >= 0.6 is 0 Å². The van der Waals surface area contributed by atoms with Gasteiger partial charge in [-0.2, -0.15) is 0 Å². The van der Waals surface area contributed by atoms with Crippen molar-refractivity contribution in [2.45, 2.75) is 53.7 Å². The summed E-state index contributed by atoms with van der Waals surface area (Å²) >= 11 is 0. The van der Waals surface area contributed by atoms with Gasteiger partial charge in [0.25, 0.3) is 5.91 Å². The summed E-state index contributed by atoms with van der Waals surface area (Å²) in [6.45, 7) is 12.0. The van der Waals surface area contributed by atoms with Crippen LogP contribution in [-0.2, 0) is 4.79 Å². The van der Waals surface area contributed by atoms with Crippen molar-refractivity contribution in [1.82, 2.24) is 5.32 Å². The maximum absolute atomic E-state index is 12.4. The van der Waals surface area contributed by atoms with Gasteiger partial charge < -0.3 is 10.1 Å². The van der Waals surface area contributed by atoms with Crippen LogP contribution in [0.15, 0.2) is 36.4 Å². The van der Waals surface area contributed by atoms with Crippen LogP contribution in [0.4, 0.5) is 0 Å². The smallest absolute Gasteiger partial charge is 0.261 e. The summed E-state index contributed by atoms with van der Waals surface area (Å²) in [5.74, 6) is 0.619. The zero-order valence-corrected chi connectivity index (χ0v) is 15.4. The first-order valence-corrected chi connectivity index (χ1v) is 8.38. The molecule has 1 amide bonds. The summed E-state index contributed by atoms with van der Waals surface area (Å²) in [5.41, 5.74) is 5.84. The van der Waals surface area contributed by atoms with Gasteiger partial charge >= 0.3 is 0 Å². The molecule has 0 spiro atoms. The molecule has 2 aromatic carbocycles. The molecular formula is C21H27NO2. The van der Waals surface area contributed by atoms with E-state index in [9.17, 15) is 4.79 Å². The van der Waals surface area contributed by atoms with Gasteiger partial charge in [0, 0.05) is 0 Å². The van der Waals surface area contributed by atoms with Crippen LogP contribution in [0.25, 0.3) is 0 Å². The highest BCUT2D eigenvalue weighted by Gasteiger charge is 2.18. The molecule has 0 aliphatic rings. The van der Waals surface area contributed by atoms with Gasteiger partial charge in [-0.3, -0.25) is 4.79 Å². The summed E-state index contributed by atoms with van der Waals surface area (Å²) in [5, 5.41) is 3.03. The standard InChI is InChI=1S/C21H27NO2/c1-13-9-14(2)11-20(10-13)24-18(6)21(23)22-17(5)19-8-7-15(3)16(4)12-19/h7-12,17-18H,1-6H3,(H,22,23)/t17-,18-/m0/s1. The average Bonchev–Trinajstić information content (AvgIpc) is 2.48. The number of hydrogen-bond acceptors (Lipinski definition) is 2. The van der Waals surface area contributed by atoms with Crippen LogP contribution in [0.3, 0.4) is 0 Å². The van der Waals surface area contributed by atoms with Crippen LogP contribution in [-0.4, -0.2) is 12.0 Å². The number of rotatable bonds is 5. The highest BCUT2D eigenvalue weighted by molar-refractivity contribution is 5.81. The first-order chi connectivity index (χ1) is 11.3. The quantitative estimate of drug-likeness (QED) is 0.875. The third-order valence-electron chi connectivity index (χ3n) is 4.27. The molecule has 1 N–H and O–H groups in total. The Morgan fingerprint density at radius 2 is 1.54 bits per heavy atom. The SMILES string of the molecule is Cc1cc(C)cc(O[C@@H](C)C(=O)N[C@@H](C)c2ccc(C)c(C)c2)c1. The predicted octanol–water partition coefficient (Wildman–Crippen LogP) is 4.56. The fourth-order valence-corrected chi connectivity index (χ4v) is 2.71. The molecule has 2 atom stereocenters. The van der Waals surface area contributed by atoms with E-state index in [2.05, 4.69) is 43.4 Å². The number of carbonyl (C=O) groups is 1. The van der Waals surface area contributed by atoms with E-state index in [0.717, 1.165) is 22.4 Å². The molecule has 0 saturated carbocycles. The third-order valence-corrected chi connectivity index (χ3v) is 4.27. The summed E-state index contributed by atoms with van der Waals surface area (Å²) in [6, 6.07) is 12.2. The lowest BCUT2D eigenvalue weighted by atomic mass is 10.0. The molecule has 0 fully saturated rings. The van der Waals surface area contributed by atoms with Gasteiger partial charge in [0.1, 0.15) is 5.75 Å². The Labute approximate surface area is 145 Å². The maximum atomic E-state index is 12.4. The summed E-state index contributed by atoms with van der Waals surface area (Å²) in [7, 11) is 0. The Bertz CT molecular complexity index is 716. The van der Waals surface area contributed by atoms with Crippen molar-refractivity contribution >= 4 is 5.91 Å². The van der Waals surface area contributed by atoms with E-state index in [4.69, 9.17) is 4.74 Å². The first-order valence-electron chi connectivity index (χ1n) is 8.38. The molecule has 0 radical (unpaired) electrons. The van der Waals surface area contributed by atoms with Crippen LogP contribution in [0, 0.1) is 27.7 Å². The topological polar surface area (TPSA) is 38.3 Å². The van der Waals surface area contributed by atoms with Gasteiger partial charge in [-0.25, -0.2) is 0 Å². The molecule has 0 unspecified atom stereocenters. The second-order valence-electron chi connectivity index (χ2n) is 6.66. The van der Waals surface area contributed by atoms with Crippen molar-refractivity contribution in [3.05, 3.63) is 64.2 Å². The van der Waals surface area contributed by atoms with Crippen LogP contribution in [0.1, 0.15) is 47.7 Å².